The first-order chi connectivity index (χ1) is 18.0. The number of hydrogen-bond donors (Lipinski definition) is 6. The molecule has 6 N–H and O–H groups in total. The molecule has 21 heteroatoms. The molecule has 0 aromatic carbocycles. The maximum Gasteiger partial charge on any atom is 0.330 e. The van der Waals surface area contributed by atoms with Gasteiger partial charge < -0.3 is 54.1 Å². The van der Waals surface area contributed by atoms with Crippen molar-refractivity contribution in [1.29, 1.82) is 0 Å². The minimum Gasteiger partial charge on any atom is -0.756 e. The molecule has 2 fully saturated rings. The zero-order chi connectivity index (χ0) is 29.3. The lowest BCUT2D eigenvalue weighted by Gasteiger charge is -2.43. The average Bonchev–Trinajstić information content (AvgIpc) is 3.10. The summed E-state index contributed by atoms with van der Waals surface area (Å²) in [5.41, 5.74) is -1.78. The Kier molecular flexibility index (Phi) is 10.2. The average molecular weight is 604 g/mol. The Morgan fingerprint density at radius 3 is 2.28 bits per heavy atom. The maximum atomic E-state index is 12.3. The predicted octanol–water partition coefficient (Wildman–Crippen LogP) is -4.82. The Hall–Kier alpha value is -1.67. The van der Waals surface area contributed by atoms with Gasteiger partial charge in [-0.25, -0.2) is 9.11 Å². The number of phosphoric acid groups is 2. The van der Waals surface area contributed by atoms with Crippen molar-refractivity contribution < 1.29 is 72.1 Å². The van der Waals surface area contributed by atoms with E-state index in [-0.39, 0.29) is 0 Å². The Morgan fingerprint density at radius 2 is 1.69 bits per heavy atom. The van der Waals surface area contributed by atoms with Crippen LogP contribution in [0.5, 0.6) is 0 Å². The van der Waals surface area contributed by atoms with Crippen LogP contribution in [0.3, 0.4) is 0 Å². The van der Waals surface area contributed by atoms with Gasteiger partial charge in [-0.3, -0.25) is 28.0 Å². The fraction of sp³-hybridized carbons (Fsp3) is 0.722. The van der Waals surface area contributed by atoms with Gasteiger partial charge in [0.05, 0.1) is 19.3 Å². The summed E-state index contributed by atoms with van der Waals surface area (Å²) in [5, 5.41) is 49.8. The minimum atomic E-state index is -5.90. The van der Waals surface area contributed by atoms with Crippen molar-refractivity contribution in [3.05, 3.63) is 33.1 Å². The number of ether oxygens (including phenoxy) is 2. The summed E-state index contributed by atoms with van der Waals surface area (Å²) in [6.07, 6.45) is -13.6. The fourth-order valence-corrected chi connectivity index (χ4v) is 6.08. The molecule has 0 amide bonds. The number of H-pyrrole nitrogens is 1. The lowest BCUT2D eigenvalue weighted by atomic mass is 9.87. The molecule has 5 unspecified atom stereocenters. The van der Waals surface area contributed by atoms with E-state index in [9.17, 15) is 58.8 Å². The van der Waals surface area contributed by atoms with Crippen LogP contribution in [-0.4, -0.2) is 97.0 Å². The number of aromatic nitrogens is 2. The highest BCUT2D eigenvalue weighted by molar-refractivity contribution is 7.59. The van der Waals surface area contributed by atoms with Crippen LogP contribution in [0.4, 0.5) is 0 Å². The third-order valence-electron chi connectivity index (χ3n) is 5.82. The van der Waals surface area contributed by atoms with Crippen LogP contribution in [0, 0.1) is 5.92 Å². The summed E-state index contributed by atoms with van der Waals surface area (Å²) >= 11 is 0. The molecule has 2 aliphatic heterocycles. The molecule has 2 aliphatic rings. The molecule has 0 spiro atoms. The lowest BCUT2D eigenvalue weighted by molar-refractivity contribution is -0.294. The van der Waals surface area contributed by atoms with Crippen molar-refractivity contribution in [2.75, 3.05) is 13.2 Å². The normalized spacial score (nSPS) is 36.3. The second-order valence-corrected chi connectivity index (χ2v) is 11.6. The summed E-state index contributed by atoms with van der Waals surface area (Å²) in [4.78, 5) is 61.0. The Balaban J connectivity index is 1.66. The molecule has 2 saturated heterocycles. The van der Waals surface area contributed by atoms with Gasteiger partial charge in [0, 0.05) is 24.6 Å². The van der Waals surface area contributed by atoms with Crippen molar-refractivity contribution in [3.8, 4) is 0 Å². The van der Waals surface area contributed by atoms with Gasteiger partial charge in [-0.05, 0) is 6.92 Å². The number of aliphatic hydroxyl groups excluding tert-OH is 5. The molecular weight excluding hydrogens is 578 g/mol. The van der Waals surface area contributed by atoms with E-state index in [4.69, 9.17) is 9.47 Å². The summed E-state index contributed by atoms with van der Waals surface area (Å²) in [6.45, 7) is -0.937. The molecule has 1 aromatic heterocycles. The molecule has 222 valence electrons. The zero-order valence-electron chi connectivity index (χ0n) is 19.9. The molecule has 19 nitrogen and oxygen atoms in total. The Bertz CT molecular complexity index is 1240. The summed E-state index contributed by atoms with van der Waals surface area (Å²) in [5.74, 6) is -2.08. The van der Waals surface area contributed by atoms with Crippen LogP contribution in [-0.2, 0) is 36.8 Å². The maximum absolute atomic E-state index is 12.3. The van der Waals surface area contributed by atoms with Crippen molar-refractivity contribution in [1.82, 2.24) is 9.55 Å². The zero-order valence-corrected chi connectivity index (χ0v) is 21.7. The standard InChI is InChI=1S/C18H28N2O17P2/c1-7(22)4-8-12(24)13(25)9(5-21)35-17(8)36-39(31,32)37-38(29,30)33-6-10-14(26)15(27)16(34-10)20-3-2-11(23)19-18(20)28/h2-3,8-10,12-17,21,24-27H,4-6H2,1H3,(H,29,30)(H,31,32)(H,19,23,28)/p-2/t8?,9?,10-,12-,13+,14+,15?,16-,17-/m1/s1. The van der Waals surface area contributed by atoms with E-state index in [1.54, 1.807) is 0 Å². The van der Waals surface area contributed by atoms with Crippen LogP contribution in [0.2, 0.25) is 0 Å². The Morgan fingerprint density at radius 1 is 1.05 bits per heavy atom. The predicted molar refractivity (Wildman–Crippen MR) is 117 cm³/mol. The number of carbonyl (C=O) groups is 1. The number of aliphatic hydroxyl groups is 5. The van der Waals surface area contributed by atoms with E-state index in [2.05, 4.69) is 13.4 Å². The van der Waals surface area contributed by atoms with E-state index in [1.807, 2.05) is 4.98 Å². The molecule has 0 bridgehead atoms. The van der Waals surface area contributed by atoms with Gasteiger partial charge in [0.2, 0.25) is 0 Å². The first-order valence-electron chi connectivity index (χ1n) is 11.2. The van der Waals surface area contributed by atoms with E-state index in [0.717, 1.165) is 19.2 Å². The van der Waals surface area contributed by atoms with Gasteiger partial charge >= 0.3 is 5.69 Å². The highest BCUT2D eigenvalue weighted by Gasteiger charge is 2.47. The molecule has 3 rings (SSSR count). The van der Waals surface area contributed by atoms with Crippen LogP contribution in [0.1, 0.15) is 19.6 Å². The molecule has 0 aliphatic carbocycles. The highest BCUT2D eigenvalue weighted by atomic mass is 31.3. The first kappa shape index (κ1) is 31.9. The number of ketones is 1. The molecule has 0 radical (unpaired) electrons. The summed E-state index contributed by atoms with van der Waals surface area (Å²) in [7, 11) is -11.7. The topological polar surface area (TPSA) is 299 Å². The molecule has 0 saturated carbocycles. The third kappa shape index (κ3) is 7.75. The van der Waals surface area contributed by atoms with Crippen molar-refractivity contribution >= 4 is 21.4 Å². The number of nitrogens with one attached hydrogen (secondary N) is 1. The number of Topliss-reactive ketones (excluding diaryl/α,β-unsaturated/α-hetero) is 1. The lowest BCUT2D eigenvalue weighted by Crippen LogP contribution is -2.56. The molecular formula is C18H26N2O17P2-2. The second kappa shape index (κ2) is 12.5. The van der Waals surface area contributed by atoms with Crippen LogP contribution in [0.15, 0.2) is 21.9 Å². The van der Waals surface area contributed by atoms with E-state index in [1.165, 1.54) is 0 Å². The van der Waals surface area contributed by atoms with E-state index >= 15 is 0 Å². The summed E-state index contributed by atoms with van der Waals surface area (Å²) < 4.78 is 48.5. The monoisotopic (exact) mass is 604 g/mol. The van der Waals surface area contributed by atoms with Gasteiger partial charge in [0.15, 0.2) is 12.5 Å². The number of phosphoric ester groups is 2. The third-order valence-corrected chi connectivity index (χ3v) is 8.35. The van der Waals surface area contributed by atoms with Crippen LogP contribution < -0.4 is 21.0 Å². The number of rotatable bonds is 11. The first-order valence-corrected chi connectivity index (χ1v) is 14.1. The smallest absolute Gasteiger partial charge is 0.330 e. The summed E-state index contributed by atoms with van der Waals surface area (Å²) in [6, 6.07) is 0.915. The largest absolute Gasteiger partial charge is 0.756 e. The molecule has 39 heavy (non-hydrogen) atoms. The van der Waals surface area contributed by atoms with Gasteiger partial charge in [-0.1, -0.05) is 0 Å². The van der Waals surface area contributed by atoms with E-state index in [0.29, 0.717) is 4.57 Å². The van der Waals surface area contributed by atoms with Gasteiger partial charge in [-0.2, -0.15) is 0 Å². The molecule has 3 heterocycles. The van der Waals surface area contributed by atoms with Crippen LogP contribution >= 0.6 is 15.6 Å². The Labute approximate surface area is 218 Å². The molecule has 1 aromatic rings. The van der Waals surface area contributed by atoms with Gasteiger partial charge in [0.1, 0.15) is 36.3 Å². The highest BCUT2D eigenvalue weighted by Crippen LogP contribution is 2.57. The minimum absolute atomic E-state index is 0.564. The number of nitrogens with zero attached hydrogens (tertiary/aromatic N) is 1. The second-order valence-electron chi connectivity index (χ2n) is 8.72. The fourth-order valence-electron chi connectivity index (χ4n) is 3.97. The van der Waals surface area contributed by atoms with Crippen molar-refractivity contribution in [2.45, 2.75) is 62.5 Å². The van der Waals surface area contributed by atoms with E-state index < -0.39 is 107 Å². The molecule has 11 atom stereocenters. The van der Waals surface area contributed by atoms with Crippen LogP contribution in [0.25, 0.3) is 0 Å². The number of carbonyl (C=O) groups excluding carboxylic acids is 1. The number of aromatic amines is 1. The quantitative estimate of drug-likeness (QED) is 0.129. The number of hydrogen-bond acceptors (Lipinski definition) is 17. The SMILES string of the molecule is CC(=O)CC1[C@@H](OP(=O)([O-])OP(=O)([O-])OC[C@H]2O[C@@H](n3ccc(=O)[nH]c3=O)C(O)[C@H]2O)OC(CO)[C@H](O)[C@@H]1O. The van der Waals surface area contributed by atoms with Gasteiger partial charge in [0.25, 0.3) is 21.2 Å². The van der Waals surface area contributed by atoms with Crippen molar-refractivity contribution in [2.24, 2.45) is 5.92 Å². The van der Waals surface area contributed by atoms with Gasteiger partial charge in [-0.15, -0.1) is 0 Å². The van der Waals surface area contributed by atoms with Crippen molar-refractivity contribution in [3.63, 3.8) is 0 Å².